The van der Waals surface area contributed by atoms with Crippen LogP contribution >= 0.6 is 0 Å². The Balaban J connectivity index is 1.58. The van der Waals surface area contributed by atoms with Gasteiger partial charge in [-0.25, -0.2) is 4.39 Å². The van der Waals surface area contributed by atoms with Crippen molar-refractivity contribution in [2.75, 3.05) is 18.0 Å². The van der Waals surface area contributed by atoms with E-state index in [4.69, 9.17) is 4.52 Å². The molecule has 1 aliphatic heterocycles. The third-order valence-electron chi connectivity index (χ3n) is 5.23. The molecule has 0 amide bonds. The first-order valence-corrected chi connectivity index (χ1v) is 9.56. The van der Waals surface area contributed by atoms with E-state index < -0.39 is 4.92 Å². The highest BCUT2D eigenvalue weighted by molar-refractivity contribution is 5.95. The number of Topliss-reactive ketones (excluding diaryl/α,β-unsaturated/α-hetero) is 1. The molecule has 1 atom stereocenters. The normalized spacial score (nSPS) is 16.5. The van der Waals surface area contributed by atoms with Crippen molar-refractivity contribution in [2.45, 2.75) is 25.7 Å². The van der Waals surface area contributed by atoms with Crippen LogP contribution in [0.5, 0.6) is 0 Å². The minimum Gasteiger partial charge on any atom is -0.365 e. The summed E-state index contributed by atoms with van der Waals surface area (Å²) in [4.78, 5) is 29.1. The van der Waals surface area contributed by atoms with Gasteiger partial charge in [-0.2, -0.15) is 4.98 Å². The number of ketones is 1. The number of halogens is 1. The summed E-state index contributed by atoms with van der Waals surface area (Å²) < 4.78 is 18.6. The van der Waals surface area contributed by atoms with Crippen molar-refractivity contribution >= 4 is 17.2 Å². The molecule has 30 heavy (non-hydrogen) atoms. The summed E-state index contributed by atoms with van der Waals surface area (Å²) in [5, 5.41) is 15.6. The number of piperidine rings is 1. The zero-order valence-electron chi connectivity index (χ0n) is 16.2. The van der Waals surface area contributed by atoms with Gasteiger partial charge in [0.2, 0.25) is 11.7 Å². The Kier molecular flexibility index (Phi) is 5.26. The second-order valence-corrected chi connectivity index (χ2v) is 7.27. The fourth-order valence-corrected chi connectivity index (χ4v) is 3.67. The largest absolute Gasteiger partial charge is 0.365 e. The van der Waals surface area contributed by atoms with Crippen LogP contribution in [0.25, 0.3) is 11.4 Å². The number of hydrogen-bond donors (Lipinski definition) is 0. The second-order valence-electron chi connectivity index (χ2n) is 7.27. The highest BCUT2D eigenvalue weighted by Crippen LogP contribution is 2.35. The number of carbonyl (C=O) groups excluding carboxylic acids is 1. The van der Waals surface area contributed by atoms with E-state index in [1.54, 1.807) is 24.3 Å². The third-order valence-corrected chi connectivity index (χ3v) is 5.23. The molecule has 2 aromatic carbocycles. The average Bonchev–Trinajstić information content (AvgIpc) is 3.24. The van der Waals surface area contributed by atoms with Crippen molar-refractivity contribution in [1.82, 2.24) is 10.1 Å². The number of rotatable bonds is 5. The van der Waals surface area contributed by atoms with E-state index in [-0.39, 0.29) is 23.2 Å². The maximum absolute atomic E-state index is 13.1. The van der Waals surface area contributed by atoms with Gasteiger partial charge in [-0.05, 0) is 56.2 Å². The highest BCUT2D eigenvalue weighted by atomic mass is 19.1. The zero-order valence-corrected chi connectivity index (χ0v) is 16.2. The number of carbonyl (C=O) groups is 1. The standard InChI is InChI=1S/C21H19FN4O4/c1-13(27)15-6-9-18(19(11-15)26(28)29)25-10-2-3-16(12-25)21-23-20(24-30-21)14-4-7-17(22)8-5-14/h4-9,11,16H,2-3,10,12H2,1H3. The summed E-state index contributed by atoms with van der Waals surface area (Å²) in [5.74, 6) is 0.164. The lowest BCUT2D eigenvalue weighted by Gasteiger charge is -2.32. The number of nitrogens with zero attached hydrogens (tertiary/aromatic N) is 4. The van der Waals surface area contributed by atoms with Gasteiger partial charge in [0, 0.05) is 30.3 Å². The highest BCUT2D eigenvalue weighted by Gasteiger charge is 2.30. The number of aromatic nitrogens is 2. The first kappa shape index (κ1) is 19.7. The molecule has 3 aromatic rings. The van der Waals surface area contributed by atoms with Crippen LogP contribution in [-0.2, 0) is 0 Å². The van der Waals surface area contributed by atoms with Crippen LogP contribution in [-0.4, -0.2) is 33.9 Å². The molecule has 0 spiro atoms. The molecule has 0 radical (unpaired) electrons. The van der Waals surface area contributed by atoms with Crippen molar-refractivity contribution in [2.24, 2.45) is 0 Å². The molecule has 154 valence electrons. The summed E-state index contributed by atoms with van der Waals surface area (Å²) in [5.41, 5.74) is 1.32. The Morgan fingerprint density at radius 2 is 2.03 bits per heavy atom. The quantitative estimate of drug-likeness (QED) is 0.349. The molecular weight excluding hydrogens is 391 g/mol. The molecular formula is C21H19FN4O4. The summed E-state index contributed by atoms with van der Waals surface area (Å²) in [6.45, 7) is 2.50. The molecule has 0 bridgehead atoms. The van der Waals surface area contributed by atoms with Crippen molar-refractivity contribution in [3.63, 3.8) is 0 Å². The van der Waals surface area contributed by atoms with E-state index in [0.717, 1.165) is 12.8 Å². The maximum Gasteiger partial charge on any atom is 0.293 e. The molecule has 2 heterocycles. The predicted octanol–water partition coefficient (Wildman–Crippen LogP) is 4.37. The van der Waals surface area contributed by atoms with Crippen molar-refractivity contribution in [3.8, 4) is 11.4 Å². The number of anilines is 1. The predicted molar refractivity (Wildman–Crippen MR) is 107 cm³/mol. The minimum absolute atomic E-state index is 0.0902. The summed E-state index contributed by atoms with van der Waals surface area (Å²) in [6.07, 6.45) is 1.60. The van der Waals surface area contributed by atoms with Gasteiger partial charge in [-0.15, -0.1) is 0 Å². The second kappa shape index (κ2) is 8.02. The fraction of sp³-hybridized carbons (Fsp3) is 0.286. The zero-order chi connectivity index (χ0) is 21.3. The van der Waals surface area contributed by atoms with Crippen LogP contribution < -0.4 is 4.90 Å². The van der Waals surface area contributed by atoms with Crippen LogP contribution in [0, 0.1) is 15.9 Å². The number of nitro groups is 1. The van der Waals surface area contributed by atoms with Crippen LogP contribution in [0.2, 0.25) is 0 Å². The molecule has 1 aliphatic rings. The van der Waals surface area contributed by atoms with Gasteiger partial charge in [-0.3, -0.25) is 14.9 Å². The molecule has 9 heteroatoms. The maximum atomic E-state index is 13.1. The lowest BCUT2D eigenvalue weighted by atomic mass is 9.97. The summed E-state index contributed by atoms with van der Waals surface area (Å²) >= 11 is 0. The van der Waals surface area contributed by atoms with Gasteiger partial charge in [0.25, 0.3) is 5.69 Å². The first-order chi connectivity index (χ1) is 14.4. The molecule has 8 nitrogen and oxygen atoms in total. The van der Waals surface area contributed by atoms with E-state index in [9.17, 15) is 19.3 Å². The molecule has 1 aromatic heterocycles. The van der Waals surface area contributed by atoms with E-state index in [0.29, 0.717) is 41.6 Å². The van der Waals surface area contributed by atoms with Crippen LogP contribution in [0.15, 0.2) is 47.0 Å². The molecule has 1 unspecified atom stereocenters. The topological polar surface area (TPSA) is 102 Å². The Bertz CT molecular complexity index is 1100. The lowest BCUT2D eigenvalue weighted by molar-refractivity contribution is -0.384. The molecule has 0 aliphatic carbocycles. The smallest absolute Gasteiger partial charge is 0.293 e. The molecule has 1 saturated heterocycles. The SMILES string of the molecule is CC(=O)c1ccc(N2CCCC(c3nc(-c4ccc(F)cc4)no3)C2)c([N+](=O)[O-])c1. The molecule has 0 saturated carbocycles. The monoisotopic (exact) mass is 410 g/mol. The lowest BCUT2D eigenvalue weighted by Crippen LogP contribution is -2.35. The average molecular weight is 410 g/mol. The van der Waals surface area contributed by atoms with Crippen LogP contribution in [0.1, 0.15) is 41.9 Å². The van der Waals surface area contributed by atoms with Crippen molar-refractivity contribution < 1.29 is 18.6 Å². The summed E-state index contributed by atoms with van der Waals surface area (Å²) in [6, 6.07) is 10.4. The van der Waals surface area contributed by atoms with E-state index in [2.05, 4.69) is 10.1 Å². The van der Waals surface area contributed by atoms with Crippen LogP contribution in [0.4, 0.5) is 15.8 Å². The number of hydrogen-bond acceptors (Lipinski definition) is 7. The van der Waals surface area contributed by atoms with Gasteiger partial charge in [0.05, 0.1) is 10.8 Å². The summed E-state index contributed by atoms with van der Waals surface area (Å²) in [7, 11) is 0. The Morgan fingerprint density at radius 1 is 1.27 bits per heavy atom. The Hall–Kier alpha value is -3.62. The number of nitro benzene ring substituents is 1. The Labute approximate surface area is 171 Å². The molecule has 0 N–H and O–H groups in total. The fourth-order valence-electron chi connectivity index (χ4n) is 3.67. The Morgan fingerprint density at radius 3 is 2.73 bits per heavy atom. The van der Waals surface area contributed by atoms with Gasteiger partial charge in [0.15, 0.2) is 5.78 Å². The van der Waals surface area contributed by atoms with Crippen LogP contribution in [0.3, 0.4) is 0 Å². The van der Waals surface area contributed by atoms with E-state index in [1.165, 1.54) is 25.1 Å². The van der Waals surface area contributed by atoms with Gasteiger partial charge in [0.1, 0.15) is 11.5 Å². The molecule has 1 fully saturated rings. The number of benzene rings is 2. The van der Waals surface area contributed by atoms with E-state index in [1.807, 2.05) is 4.90 Å². The van der Waals surface area contributed by atoms with Crippen molar-refractivity contribution in [1.29, 1.82) is 0 Å². The van der Waals surface area contributed by atoms with Gasteiger partial charge in [-0.1, -0.05) is 5.16 Å². The van der Waals surface area contributed by atoms with Gasteiger partial charge < -0.3 is 9.42 Å². The van der Waals surface area contributed by atoms with E-state index >= 15 is 0 Å². The first-order valence-electron chi connectivity index (χ1n) is 9.56. The van der Waals surface area contributed by atoms with Crippen molar-refractivity contribution in [3.05, 3.63) is 69.9 Å². The third kappa shape index (κ3) is 3.91. The van der Waals surface area contributed by atoms with Gasteiger partial charge >= 0.3 is 0 Å². The molecule has 4 rings (SSSR count). The minimum atomic E-state index is -0.468.